The zero-order chi connectivity index (χ0) is 25.2. The van der Waals surface area contributed by atoms with Crippen molar-refractivity contribution in [3.8, 4) is 5.69 Å². The SMILES string of the molecule is Cc1cc(=O)c(C(=O)N2CCN(C(=O)NC3CCCCC3)CC2)nn1-c1ccccc1C(F)(F)F. The zero-order valence-corrected chi connectivity index (χ0v) is 19.5. The highest BCUT2D eigenvalue weighted by Gasteiger charge is 2.35. The maximum absolute atomic E-state index is 13.5. The van der Waals surface area contributed by atoms with E-state index >= 15 is 0 Å². The number of hydrogen-bond acceptors (Lipinski definition) is 4. The minimum atomic E-state index is -4.63. The summed E-state index contributed by atoms with van der Waals surface area (Å²) in [4.78, 5) is 41.3. The van der Waals surface area contributed by atoms with Crippen LogP contribution in [-0.4, -0.2) is 63.7 Å². The van der Waals surface area contributed by atoms with Crippen LogP contribution in [0.25, 0.3) is 5.69 Å². The number of benzene rings is 1. The summed E-state index contributed by atoms with van der Waals surface area (Å²) >= 11 is 0. The molecule has 1 saturated carbocycles. The van der Waals surface area contributed by atoms with Gasteiger partial charge in [-0.2, -0.15) is 18.3 Å². The lowest BCUT2D eigenvalue weighted by molar-refractivity contribution is -0.137. The van der Waals surface area contributed by atoms with E-state index in [2.05, 4.69) is 10.4 Å². The van der Waals surface area contributed by atoms with Crippen molar-refractivity contribution in [1.82, 2.24) is 24.9 Å². The van der Waals surface area contributed by atoms with Crippen LogP contribution in [0.2, 0.25) is 0 Å². The van der Waals surface area contributed by atoms with Gasteiger partial charge in [-0.15, -0.1) is 0 Å². The van der Waals surface area contributed by atoms with Crippen molar-refractivity contribution >= 4 is 11.9 Å². The molecule has 35 heavy (non-hydrogen) atoms. The minimum Gasteiger partial charge on any atom is -0.335 e. The van der Waals surface area contributed by atoms with E-state index in [0.29, 0.717) is 13.1 Å². The molecular formula is C24H28F3N5O3. The molecule has 4 rings (SSSR count). The Morgan fingerprint density at radius 1 is 1.00 bits per heavy atom. The molecule has 11 heteroatoms. The Kier molecular flexibility index (Phi) is 7.13. The predicted octanol–water partition coefficient (Wildman–Crippen LogP) is 3.36. The van der Waals surface area contributed by atoms with Crippen molar-refractivity contribution < 1.29 is 22.8 Å². The molecule has 0 radical (unpaired) electrons. The van der Waals surface area contributed by atoms with Gasteiger partial charge in [0.15, 0.2) is 5.69 Å². The van der Waals surface area contributed by atoms with E-state index in [1.807, 2.05) is 0 Å². The zero-order valence-electron chi connectivity index (χ0n) is 19.5. The van der Waals surface area contributed by atoms with Crippen molar-refractivity contribution in [2.75, 3.05) is 26.2 Å². The molecule has 2 aliphatic rings. The fraction of sp³-hybridized carbons (Fsp3) is 0.500. The first kappa shape index (κ1) is 24.7. The molecule has 188 valence electrons. The number of amides is 3. The largest absolute Gasteiger partial charge is 0.418 e. The normalized spacial score (nSPS) is 17.4. The third kappa shape index (κ3) is 5.49. The van der Waals surface area contributed by atoms with Gasteiger partial charge in [-0.05, 0) is 31.9 Å². The molecule has 0 bridgehead atoms. The highest BCUT2D eigenvalue weighted by Crippen LogP contribution is 2.33. The average Bonchev–Trinajstić information content (AvgIpc) is 2.84. The van der Waals surface area contributed by atoms with Gasteiger partial charge in [0.2, 0.25) is 5.43 Å². The number of para-hydroxylation sites is 1. The molecule has 0 unspecified atom stereocenters. The van der Waals surface area contributed by atoms with Crippen LogP contribution in [0.15, 0.2) is 35.1 Å². The molecule has 1 aliphatic carbocycles. The Morgan fingerprint density at radius 3 is 2.29 bits per heavy atom. The van der Waals surface area contributed by atoms with Gasteiger partial charge in [-0.3, -0.25) is 9.59 Å². The maximum atomic E-state index is 13.5. The summed E-state index contributed by atoms with van der Waals surface area (Å²) in [7, 11) is 0. The molecule has 1 N–H and O–H groups in total. The number of aryl methyl sites for hydroxylation is 1. The van der Waals surface area contributed by atoms with Gasteiger partial charge in [0.05, 0.1) is 11.3 Å². The number of hydrogen-bond donors (Lipinski definition) is 1. The fourth-order valence-corrected chi connectivity index (χ4v) is 4.61. The quantitative estimate of drug-likeness (QED) is 0.714. The van der Waals surface area contributed by atoms with E-state index in [1.54, 1.807) is 4.90 Å². The van der Waals surface area contributed by atoms with Crippen molar-refractivity contribution in [2.24, 2.45) is 0 Å². The van der Waals surface area contributed by atoms with Gasteiger partial charge in [0, 0.05) is 44.0 Å². The van der Waals surface area contributed by atoms with Crippen LogP contribution >= 0.6 is 0 Å². The Balaban J connectivity index is 1.49. The summed E-state index contributed by atoms with van der Waals surface area (Å²) in [5.41, 5.74) is -2.13. The van der Waals surface area contributed by atoms with Crippen LogP contribution in [0, 0.1) is 6.92 Å². The number of halogens is 3. The van der Waals surface area contributed by atoms with Crippen molar-refractivity contribution in [2.45, 2.75) is 51.2 Å². The third-order valence-electron chi connectivity index (χ3n) is 6.53. The molecule has 1 aromatic heterocycles. The minimum absolute atomic E-state index is 0.163. The van der Waals surface area contributed by atoms with Crippen LogP contribution in [-0.2, 0) is 6.18 Å². The lowest BCUT2D eigenvalue weighted by Crippen LogP contribution is -2.55. The number of aromatic nitrogens is 2. The van der Waals surface area contributed by atoms with Gasteiger partial charge in [0.25, 0.3) is 5.91 Å². The summed E-state index contributed by atoms with van der Waals surface area (Å²) in [6.45, 7) is 2.44. The lowest BCUT2D eigenvalue weighted by Gasteiger charge is -2.35. The first-order valence-corrected chi connectivity index (χ1v) is 11.8. The van der Waals surface area contributed by atoms with Crippen LogP contribution in [0.5, 0.6) is 0 Å². The number of urea groups is 1. The first-order chi connectivity index (χ1) is 16.6. The number of nitrogens with zero attached hydrogens (tertiary/aromatic N) is 4. The van der Waals surface area contributed by atoms with Crippen LogP contribution in [0.4, 0.5) is 18.0 Å². The predicted molar refractivity (Wildman–Crippen MR) is 122 cm³/mol. The summed E-state index contributed by atoms with van der Waals surface area (Å²) in [5.74, 6) is -0.666. The summed E-state index contributed by atoms with van der Waals surface area (Å²) in [5, 5.41) is 7.09. The molecule has 0 atom stereocenters. The van der Waals surface area contributed by atoms with Gasteiger partial charge in [-0.1, -0.05) is 31.4 Å². The van der Waals surface area contributed by atoms with E-state index in [4.69, 9.17) is 0 Å². The van der Waals surface area contributed by atoms with E-state index in [1.165, 1.54) is 36.4 Å². The highest BCUT2D eigenvalue weighted by atomic mass is 19.4. The number of alkyl halides is 3. The summed E-state index contributed by atoms with van der Waals surface area (Å²) in [6.07, 6.45) is 0.680. The Labute approximate surface area is 200 Å². The van der Waals surface area contributed by atoms with Crippen LogP contribution in [0.3, 0.4) is 0 Å². The maximum Gasteiger partial charge on any atom is 0.418 e. The van der Waals surface area contributed by atoms with E-state index < -0.39 is 28.8 Å². The molecule has 3 amide bonds. The van der Waals surface area contributed by atoms with Gasteiger partial charge in [0.1, 0.15) is 0 Å². The lowest BCUT2D eigenvalue weighted by atomic mass is 9.96. The molecular weight excluding hydrogens is 463 g/mol. The van der Waals surface area contributed by atoms with E-state index in [9.17, 15) is 27.6 Å². The fourth-order valence-electron chi connectivity index (χ4n) is 4.61. The molecule has 1 saturated heterocycles. The van der Waals surface area contributed by atoms with Crippen molar-refractivity contribution in [3.05, 3.63) is 57.5 Å². The number of piperazine rings is 1. The highest BCUT2D eigenvalue weighted by molar-refractivity contribution is 5.92. The second kappa shape index (κ2) is 10.1. The topological polar surface area (TPSA) is 87.5 Å². The second-order valence-electron chi connectivity index (χ2n) is 8.99. The summed E-state index contributed by atoms with van der Waals surface area (Å²) < 4.78 is 41.6. The van der Waals surface area contributed by atoms with Crippen LogP contribution < -0.4 is 10.7 Å². The Morgan fingerprint density at radius 2 is 1.63 bits per heavy atom. The van der Waals surface area contributed by atoms with E-state index in [-0.39, 0.29) is 36.5 Å². The van der Waals surface area contributed by atoms with Crippen LogP contribution in [0.1, 0.15) is 53.8 Å². The molecule has 1 aromatic carbocycles. The van der Waals surface area contributed by atoms with Crippen molar-refractivity contribution in [3.63, 3.8) is 0 Å². The molecule has 8 nitrogen and oxygen atoms in total. The Bertz CT molecular complexity index is 1150. The standard InChI is InChI=1S/C24H28F3N5O3/c1-16-15-20(33)21(29-32(16)19-10-6-5-9-18(19)24(25,26)27)22(34)30-11-13-31(14-12-30)23(35)28-17-7-3-2-4-8-17/h5-6,9-10,15,17H,2-4,7-8,11-14H2,1H3,(H,28,35). The molecule has 2 aromatic rings. The Hall–Kier alpha value is -3.37. The number of rotatable bonds is 3. The molecule has 2 fully saturated rings. The van der Waals surface area contributed by atoms with Crippen molar-refractivity contribution in [1.29, 1.82) is 0 Å². The smallest absolute Gasteiger partial charge is 0.335 e. The monoisotopic (exact) mass is 491 g/mol. The third-order valence-corrected chi connectivity index (χ3v) is 6.53. The number of nitrogens with one attached hydrogen (secondary N) is 1. The molecule has 0 spiro atoms. The summed E-state index contributed by atoms with van der Waals surface area (Å²) in [6, 6.07) is 5.98. The van der Waals surface area contributed by atoms with E-state index in [0.717, 1.165) is 42.5 Å². The van der Waals surface area contributed by atoms with Gasteiger partial charge >= 0.3 is 12.2 Å². The molecule has 1 aliphatic heterocycles. The number of carbonyl (C=O) groups is 2. The average molecular weight is 492 g/mol. The molecule has 2 heterocycles. The van der Waals surface area contributed by atoms with Gasteiger partial charge < -0.3 is 15.1 Å². The first-order valence-electron chi connectivity index (χ1n) is 11.8. The number of carbonyl (C=O) groups excluding carboxylic acids is 2. The van der Waals surface area contributed by atoms with Gasteiger partial charge in [-0.25, -0.2) is 9.48 Å². The second-order valence-corrected chi connectivity index (χ2v) is 8.99.